The fourth-order valence-corrected chi connectivity index (χ4v) is 7.67. The predicted octanol–water partition coefficient (Wildman–Crippen LogP) is 12.8. The molecule has 0 bridgehead atoms. The van der Waals surface area contributed by atoms with E-state index >= 15 is 0 Å². The maximum atomic E-state index is 3.71. The van der Waals surface area contributed by atoms with Crippen LogP contribution in [0.5, 0.6) is 0 Å². The molecule has 0 nitrogen and oxygen atoms in total. The third-order valence-corrected chi connectivity index (χ3v) is 10.0. The van der Waals surface area contributed by atoms with Crippen molar-refractivity contribution in [2.24, 2.45) is 0 Å². The molecule has 0 heterocycles. The van der Waals surface area contributed by atoms with Crippen LogP contribution in [0.2, 0.25) is 0 Å². The summed E-state index contributed by atoms with van der Waals surface area (Å²) in [7, 11) is 0. The molecule has 182 valence electrons. The van der Waals surface area contributed by atoms with Crippen LogP contribution in [0, 0.1) is 0 Å². The summed E-state index contributed by atoms with van der Waals surface area (Å²) in [5, 5.41) is 15.5. The van der Waals surface area contributed by atoms with Gasteiger partial charge in [0.25, 0.3) is 0 Å². The Morgan fingerprint density at radius 1 is 0.289 bits per heavy atom. The van der Waals surface area contributed by atoms with Crippen molar-refractivity contribution >= 4 is 128 Å². The Labute approximate surface area is 253 Å². The number of rotatable bonds is 0. The lowest BCUT2D eigenvalue weighted by Gasteiger charge is -2.12. The van der Waals surface area contributed by atoms with Crippen molar-refractivity contribution in [2.45, 2.75) is 0 Å². The highest BCUT2D eigenvalue weighted by molar-refractivity contribution is 9.11. The summed E-state index contributed by atoms with van der Waals surface area (Å²) in [6.45, 7) is 0. The van der Waals surface area contributed by atoms with Crippen LogP contribution in [0.15, 0.2) is 127 Å². The summed E-state index contributed by atoms with van der Waals surface area (Å²) in [6.07, 6.45) is 0. The summed E-state index contributed by atoms with van der Waals surface area (Å²) >= 11 is 14.7. The third-order valence-electron chi connectivity index (χ3n) is 7.34. The molecule has 38 heavy (non-hydrogen) atoms. The minimum Gasteiger partial charge on any atom is -0.0616 e. The lowest BCUT2D eigenvalue weighted by atomic mass is 9.94. The third kappa shape index (κ3) is 3.88. The second-order valence-electron chi connectivity index (χ2n) is 9.42. The monoisotopic (exact) mass is 742 g/mol. The van der Waals surface area contributed by atoms with Crippen LogP contribution in [0.4, 0.5) is 0 Å². The van der Waals surface area contributed by atoms with E-state index in [1.165, 1.54) is 64.6 Å². The summed E-state index contributed by atoms with van der Waals surface area (Å²) < 4.78 is 4.61. The van der Waals surface area contributed by atoms with E-state index in [1.54, 1.807) is 0 Å². The molecule has 8 aromatic carbocycles. The highest BCUT2D eigenvalue weighted by Gasteiger charge is 2.12. The second-order valence-corrected chi connectivity index (χ2v) is 12.8. The molecule has 0 atom stereocenters. The lowest BCUT2D eigenvalue weighted by molar-refractivity contribution is 1.73. The standard InChI is InChI=1S/C18H10Br2.C16H8Br2/c19-17-10-16-12-6-2-4-8-14(12)18(20)9-15(16)11-5-1-3-7-13(11)17;17-13-8-4-10-2-6-12-14(18)7-3-9-1-5-11(13)16(10)15(9)12/h1-10H;1-8H. The Morgan fingerprint density at radius 3 is 1.08 bits per heavy atom. The fourth-order valence-electron chi connectivity index (χ4n) is 5.59. The first-order valence-electron chi connectivity index (χ1n) is 12.2. The smallest absolute Gasteiger partial charge is 0.0260 e. The zero-order valence-electron chi connectivity index (χ0n) is 19.9. The average molecular weight is 746 g/mol. The number of hydrogen-bond donors (Lipinski definition) is 0. The van der Waals surface area contributed by atoms with Crippen LogP contribution in [-0.4, -0.2) is 0 Å². The van der Waals surface area contributed by atoms with Gasteiger partial charge in [0.1, 0.15) is 0 Å². The molecule has 8 aromatic rings. The van der Waals surface area contributed by atoms with Gasteiger partial charge in [0.2, 0.25) is 0 Å². The van der Waals surface area contributed by atoms with E-state index in [0.717, 1.165) is 17.9 Å². The van der Waals surface area contributed by atoms with E-state index in [1.807, 2.05) is 0 Å². The molecule has 0 unspecified atom stereocenters. The van der Waals surface area contributed by atoms with Crippen molar-refractivity contribution < 1.29 is 0 Å². The van der Waals surface area contributed by atoms with E-state index in [-0.39, 0.29) is 0 Å². The molecule has 0 spiro atoms. The van der Waals surface area contributed by atoms with Crippen LogP contribution in [0.25, 0.3) is 64.6 Å². The van der Waals surface area contributed by atoms with Crippen molar-refractivity contribution in [1.82, 2.24) is 0 Å². The summed E-state index contributed by atoms with van der Waals surface area (Å²) in [5.41, 5.74) is 0. The molecule has 8 rings (SSSR count). The van der Waals surface area contributed by atoms with Crippen LogP contribution in [0.1, 0.15) is 0 Å². The second kappa shape index (κ2) is 9.60. The minimum absolute atomic E-state index is 1.15. The van der Waals surface area contributed by atoms with E-state index < -0.39 is 0 Å². The quantitative estimate of drug-likeness (QED) is 0.136. The van der Waals surface area contributed by atoms with Crippen LogP contribution in [-0.2, 0) is 0 Å². The molecule has 0 aromatic heterocycles. The molecule has 0 fully saturated rings. The number of hydrogen-bond acceptors (Lipinski definition) is 0. The molecule has 4 heteroatoms. The zero-order valence-corrected chi connectivity index (χ0v) is 26.2. The first-order valence-corrected chi connectivity index (χ1v) is 15.4. The highest BCUT2D eigenvalue weighted by Crippen LogP contribution is 2.40. The van der Waals surface area contributed by atoms with Crippen molar-refractivity contribution in [3.8, 4) is 0 Å². The van der Waals surface area contributed by atoms with Gasteiger partial charge in [-0.3, -0.25) is 0 Å². The molecular weight excluding hydrogens is 728 g/mol. The molecule has 0 N–H and O–H groups in total. The van der Waals surface area contributed by atoms with Crippen LogP contribution < -0.4 is 0 Å². The Morgan fingerprint density at radius 2 is 0.658 bits per heavy atom. The normalized spacial score (nSPS) is 11.7. The van der Waals surface area contributed by atoms with Crippen LogP contribution >= 0.6 is 63.7 Å². The van der Waals surface area contributed by atoms with Gasteiger partial charge in [0, 0.05) is 17.9 Å². The summed E-state index contributed by atoms with van der Waals surface area (Å²) in [6, 6.07) is 38.9. The predicted molar refractivity (Wildman–Crippen MR) is 180 cm³/mol. The Balaban J connectivity index is 0.000000128. The Hall–Kier alpha value is -2.50. The first-order chi connectivity index (χ1) is 18.5. The number of benzene rings is 8. The van der Waals surface area contributed by atoms with Gasteiger partial charge in [-0.1, -0.05) is 149 Å². The Kier molecular flexibility index (Phi) is 6.20. The van der Waals surface area contributed by atoms with Gasteiger partial charge in [-0.05, 0) is 88.9 Å². The maximum Gasteiger partial charge on any atom is 0.0260 e. The van der Waals surface area contributed by atoms with E-state index in [9.17, 15) is 0 Å². The molecular formula is C34H18Br4. The molecule has 0 radical (unpaired) electrons. The van der Waals surface area contributed by atoms with Crippen LogP contribution in [0.3, 0.4) is 0 Å². The van der Waals surface area contributed by atoms with Gasteiger partial charge in [0.15, 0.2) is 0 Å². The Bertz CT molecular complexity index is 2020. The molecule has 0 aliphatic heterocycles. The number of halogens is 4. The van der Waals surface area contributed by atoms with Gasteiger partial charge in [-0.25, -0.2) is 0 Å². The van der Waals surface area contributed by atoms with Gasteiger partial charge < -0.3 is 0 Å². The van der Waals surface area contributed by atoms with E-state index in [0.29, 0.717) is 0 Å². The van der Waals surface area contributed by atoms with E-state index in [4.69, 9.17) is 0 Å². The lowest BCUT2D eigenvalue weighted by Crippen LogP contribution is -1.85. The van der Waals surface area contributed by atoms with Crippen molar-refractivity contribution in [1.29, 1.82) is 0 Å². The van der Waals surface area contributed by atoms with E-state index in [2.05, 4.69) is 173 Å². The maximum absolute atomic E-state index is 3.71. The van der Waals surface area contributed by atoms with Crippen molar-refractivity contribution in [3.63, 3.8) is 0 Å². The largest absolute Gasteiger partial charge is 0.0616 e. The molecule has 0 saturated heterocycles. The summed E-state index contributed by atoms with van der Waals surface area (Å²) in [4.78, 5) is 0. The summed E-state index contributed by atoms with van der Waals surface area (Å²) in [5.74, 6) is 0. The number of fused-ring (bicyclic) bond motifs is 5. The zero-order chi connectivity index (χ0) is 26.0. The van der Waals surface area contributed by atoms with Gasteiger partial charge >= 0.3 is 0 Å². The molecule has 0 amide bonds. The average Bonchev–Trinajstić information content (AvgIpc) is 2.95. The van der Waals surface area contributed by atoms with Gasteiger partial charge in [-0.15, -0.1) is 0 Å². The van der Waals surface area contributed by atoms with Crippen molar-refractivity contribution in [3.05, 3.63) is 127 Å². The molecule has 0 aliphatic carbocycles. The van der Waals surface area contributed by atoms with Gasteiger partial charge in [-0.2, -0.15) is 0 Å². The highest BCUT2D eigenvalue weighted by atomic mass is 79.9. The fraction of sp³-hybridized carbons (Fsp3) is 0. The van der Waals surface area contributed by atoms with Crippen molar-refractivity contribution in [2.75, 3.05) is 0 Å². The molecule has 0 aliphatic rings. The first kappa shape index (κ1) is 24.5. The van der Waals surface area contributed by atoms with Gasteiger partial charge in [0.05, 0.1) is 0 Å². The molecule has 0 saturated carbocycles. The SMILES string of the molecule is Brc1cc2c3ccccc3c(Br)cc2c2ccccc12.Brc1ccc2ccc3c(Br)ccc4ccc1c2c43. The topological polar surface area (TPSA) is 0 Å². The minimum atomic E-state index is 1.15.